The minimum absolute atomic E-state index is 0.0664. The van der Waals surface area contributed by atoms with E-state index < -0.39 is 5.54 Å². The van der Waals surface area contributed by atoms with Gasteiger partial charge in [0.1, 0.15) is 5.54 Å². The fourth-order valence-corrected chi connectivity index (χ4v) is 3.25. The third kappa shape index (κ3) is 3.32. The van der Waals surface area contributed by atoms with Gasteiger partial charge >= 0.3 is 6.03 Å². The quantitative estimate of drug-likeness (QED) is 0.786. The minimum atomic E-state index is -0.721. The first-order chi connectivity index (χ1) is 9.42. The predicted octanol–water partition coefficient (Wildman–Crippen LogP) is 2.16. The highest BCUT2D eigenvalue weighted by Crippen LogP contribution is 2.26. The van der Waals surface area contributed by atoms with Crippen molar-refractivity contribution in [1.82, 2.24) is 10.2 Å². The van der Waals surface area contributed by atoms with Crippen molar-refractivity contribution < 1.29 is 14.3 Å². The van der Waals surface area contributed by atoms with E-state index in [2.05, 4.69) is 19.2 Å². The molecule has 1 unspecified atom stereocenters. The van der Waals surface area contributed by atoms with Crippen molar-refractivity contribution in [1.29, 1.82) is 0 Å². The van der Waals surface area contributed by atoms with Crippen LogP contribution in [0, 0.1) is 11.8 Å². The summed E-state index contributed by atoms with van der Waals surface area (Å²) in [5.41, 5.74) is -0.721. The van der Waals surface area contributed by atoms with Gasteiger partial charge in [-0.05, 0) is 44.4 Å². The highest BCUT2D eigenvalue weighted by molar-refractivity contribution is 6.06. The van der Waals surface area contributed by atoms with Gasteiger partial charge in [-0.3, -0.25) is 9.69 Å². The van der Waals surface area contributed by atoms with E-state index in [4.69, 9.17) is 4.74 Å². The molecule has 20 heavy (non-hydrogen) atoms. The smallest absolute Gasteiger partial charge is 0.325 e. The van der Waals surface area contributed by atoms with Crippen LogP contribution in [-0.4, -0.2) is 42.1 Å². The fourth-order valence-electron chi connectivity index (χ4n) is 3.25. The number of hydrogen-bond donors (Lipinski definition) is 1. The molecule has 5 nitrogen and oxygen atoms in total. The molecule has 0 aromatic carbocycles. The van der Waals surface area contributed by atoms with Crippen molar-refractivity contribution in [3.8, 4) is 0 Å². The predicted molar refractivity (Wildman–Crippen MR) is 76.3 cm³/mol. The van der Waals surface area contributed by atoms with Crippen LogP contribution in [0.25, 0.3) is 0 Å². The van der Waals surface area contributed by atoms with Gasteiger partial charge in [0, 0.05) is 19.8 Å². The highest BCUT2D eigenvalue weighted by Gasteiger charge is 2.47. The first-order valence-electron chi connectivity index (χ1n) is 7.64. The van der Waals surface area contributed by atoms with Gasteiger partial charge in [-0.15, -0.1) is 0 Å². The molecule has 0 aromatic rings. The molecular weight excluding hydrogens is 256 g/mol. The number of rotatable bonds is 5. The Labute approximate surface area is 121 Å². The highest BCUT2D eigenvalue weighted by atomic mass is 16.5. The molecule has 0 aliphatic carbocycles. The molecule has 0 bridgehead atoms. The van der Waals surface area contributed by atoms with Gasteiger partial charge in [-0.2, -0.15) is 0 Å². The lowest BCUT2D eigenvalue weighted by molar-refractivity contribution is -0.131. The van der Waals surface area contributed by atoms with Crippen LogP contribution in [-0.2, 0) is 9.53 Å². The summed E-state index contributed by atoms with van der Waals surface area (Å²) in [7, 11) is 0. The molecule has 0 saturated carbocycles. The van der Waals surface area contributed by atoms with Crippen molar-refractivity contribution in [2.45, 2.75) is 52.0 Å². The second-order valence-corrected chi connectivity index (χ2v) is 6.66. The van der Waals surface area contributed by atoms with E-state index in [1.54, 1.807) is 0 Å². The molecule has 2 rings (SSSR count). The standard InChI is InChI=1S/C15H26N2O3/c1-11(2)10-15(3)13(18)17(14(19)16-15)7-4-12-5-8-20-9-6-12/h11-12H,4-10H2,1-3H3,(H,16,19). The van der Waals surface area contributed by atoms with E-state index >= 15 is 0 Å². The number of carbonyl (C=O) groups is 2. The second-order valence-electron chi connectivity index (χ2n) is 6.66. The SMILES string of the molecule is CC(C)CC1(C)NC(=O)N(CCC2CCOCC2)C1=O. The number of nitrogens with zero attached hydrogens (tertiary/aromatic N) is 1. The van der Waals surface area contributed by atoms with Crippen molar-refractivity contribution >= 4 is 11.9 Å². The number of amides is 3. The molecular formula is C15H26N2O3. The van der Waals surface area contributed by atoms with Crippen LogP contribution in [0.15, 0.2) is 0 Å². The number of ether oxygens (including phenoxy) is 1. The average molecular weight is 282 g/mol. The van der Waals surface area contributed by atoms with Gasteiger partial charge in [0.15, 0.2) is 0 Å². The summed E-state index contributed by atoms with van der Waals surface area (Å²) >= 11 is 0. The first kappa shape index (κ1) is 15.3. The summed E-state index contributed by atoms with van der Waals surface area (Å²) in [5.74, 6) is 0.879. The van der Waals surface area contributed by atoms with E-state index in [1.165, 1.54) is 4.90 Å². The van der Waals surface area contributed by atoms with E-state index in [1.807, 2.05) is 6.92 Å². The van der Waals surface area contributed by atoms with E-state index in [0.29, 0.717) is 24.8 Å². The van der Waals surface area contributed by atoms with Gasteiger partial charge in [0.25, 0.3) is 5.91 Å². The minimum Gasteiger partial charge on any atom is -0.381 e. The molecule has 3 amide bonds. The zero-order valence-electron chi connectivity index (χ0n) is 12.8. The summed E-state index contributed by atoms with van der Waals surface area (Å²) in [6, 6.07) is -0.231. The molecule has 2 saturated heterocycles. The summed E-state index contributed by atoms with van der Waals surface area (Å²) in [4.78, 5) is 25.9. The van der Waals surface area contributed by atoms with Gasteiger partial charge < -0.3 is 10.1 Å². The molecule has 0 spiro atoms. The Hall–Kier alpha value is -1.10. The molecule has 0 radical (unpaired) electrons. The van der Waals surface area contributed by atoms with Crippen molar-refractivity contribution in [3.63, 3.8) is 0 Å². The van der Waals surface area contributed by atoms with Crippen LogP contribution in [0.3, 0.4) is 0 Å². The van der Waals surface area contributed by atoms with Crippen molar-refractivity contribution in [2.24, 2.45) is 11.8 Å². The molecule has 1 atom stereocenters. The summed E-state index contributed by atoms with van der Waals surface area (Å²) < 4.78 is 5.33. The van der Waals surface area contributed by atoms with Crippen LogP contribution < -0.4 is 5.32 Å². The van der Waals surface area contributed by atoms with Crippen LogP contribution in [0.2, 0.25) is 0 Å². The number of imide groups is 1. The molecule has 2 aliphatic heterocycles. The second kappa shape index (κ2) is 6.12. The summed E-state index contributed by atoms with van der Waals surface area (Å²) in [6.07, 6.45) is 3.64. The Morgan fingerprint density at radius 2 is 2.00 bits per heavy atom. The Morgan fingerprint density at radius 3 is 2.60 bits per heavy atom. The van der Waals surface area contributed by atoms with Crippen molar-refractivity contribution in [3.05, 3.63) is 0 Å². The zero-order chi connectivity index (χ0) is 14.8. The molecule has 0 aromatic heterocycles. The molecule has 2 heterocycles. The lowest BCUT2D eigenvalue weighted by Gasteiger charge is -2.25. The monoisotopic (exact) mass is 282 g/mol. The van der Waals surface area contributed by atoms with E-state index in [9.17, 15) is 9.59 Å². The summed E-state index contributed by atoms with van der Waals surface area (Å²) in [6.45, 7) is 8.10. The van der Waals surface area contributed by atoms with Crippen molar-refractivity contribution in [2.75, 3.05) is 19.8 Å². The largest absolute Gasteiger partial charge is 0.381 e. The lowest BCUT2D eigenvalue weighted by atomic mass is 9.90. The molecule has 5 heteroatoms. The van der Waals surface area contributed by atoms with Crippen LogP contribution in [0.1, 0.15) is 46.5 Å². The molecule has 114 valence electrons. The third-order valence-corrected chi connectivity index (χ3v) is 4.26. The average Bonchev–Trinajstić information content (AvgIpc) is 2.58. The van der Waals surface area contributed by atoms with Crippen LogP contribution >= 0.6 is 0 Å². The van der Waals surface area contributed by atoms with Gasteiger partial charge in [0.05, 0.1) is 0 Å². The lowest BCUT2D eigenvalue weighted by Crippen LogP contribution is -2.45. The number of carbonyl (C=O) groups excluding carboxylic acids is 2. The maximum absolute atomic E-state index is 12.5. The first-order valence-corrected chi connectivity index (χ1v) is 7.64. The van der Waals surface area contributed by atoms with Gasteiger partial charge in [-0.25, -0.2) is 4.79 Å². The Morgan fingerprint density at radius 1 is 1.35 bits per heavy atom. The third-order valence-electron chi connectivity index (χ3n) is 4.26. The summed E-state index contributed by atoms with van der Waals surface area (Å²) in [5, 5.41) is 2.86. The van der Waals surface area contributed by atoms with Gasteiger partial charge in [-0.1, -0.05) is 13.8 Å². The van der Waals surface area contributed by atoms with Crippen LogP contribution in [0.4, 0.5) is 4.79 Å². The zero-order valence-corrected chi connectivity index (χ0v) is 12.8. The Balaban J connectivity index is 1.91. The Bertz CT molecular complexity index is 377. The van der Waals surface area contributed by atoms with E-state index in [0.717, 1.165) is 32.5 Å². The fraction of sp³-hybridized carbons (Fsp3) is 0.867. The molecule has 1 N–H and O–H groups in total. The van der Waals surface area contributed by atoms with Gasteiger partial charge in [0.2, 0.25) is 0 Å². The molecule has 2 fully saturated rings. The molecule has 2 aliphatic rings. The topological polar surface area (TPSA) is 58.6 Å². The van der Waals surface area contributed by atoms with Crippen LogP contribution in [0.5, 0.6) is 0 Å². The maximum Gasteiger partial charge on any atom is 0.325 e. The number of hydrogen-bond acceptors (Lipinski definition) is 3. The number of urea groups is 1. The maximum atomic E-state index is 12.5. The normalized spacial score (nSPS) is 28.3. The number of nitrogens with one attached hydrogen (secondary N) is 1. The van der Waals surface area contributed by atoms with E-state index in [-0.39, 0.29) is 11.9 Å². The Kier molecular flexibility index (Phi) is 4.68.